The van der Waals surface area contributed by atoms with Crippen LogP contribution in [0.5, 0.6) is 0 Å². The summed E-state index contributed by atoms with van der Waals surface area (Å²) >= 11 is 3.32. The second kappa shape index (κ2) is 9.05. The highest BCUT2D eigenvalue weighted by molar-refractivity contribution is 8.00. The zero-order valence-electron chi connectivity index (χ0n) is 13.7. The maximum absolute atomic E-state index is 11.7. The van der Waals surface area contributed by atoms with Gasteiger partial charge >= 0.3 is 0 Å². The van der Waals surface area contributed by atoms with Crippen molar-refractivity contribution in [2.75, 3.05) is 20.3 Å². The normalized spacial score (nSPS) is 10.7. The van der Waals surface area contributed by atoms with Crippen molar-refractivity contribution in [1.29, 1.82) is 0 Å². The van der Waals surface area contributed by atoms with Crippen LogP contribution in [0.1, 0.15) is 22.4 Å². The van der Waals surface area contributed by atoms with Crippen LogP contribution in [-0.4, -0.2) is 31.2 Å². The summed E-state index contributed by atoms with van der Waals surface area (Å²) in [6.07, 6.45) is 0.324. The van der Waals surface area contributed by atoms with Gasteiger partial charge in [-0.25, -0.2) is 4.98 Å². The van der Waals surface area contributed by atoms with Crippen LogP contribution in [0.3, 0.4) is 0 Å². The van der Waals surface area contributed by atoms with Crippen molar-refractivity contribution in [3.8, 4) is 0 Å². The summed E-state index contributed by atoms with van der Waals surface area (Å²) in [5.74, 6) is 0.888. The van der Waals surface area contributed by atoms with Gasteiger partial charge in [-0.1, -0.05) is 35.5 Å². The van der Waals surface area contributed by atoms with E-state index in [2.05, 4.69) is 42.3 Å². The number of hydrogen-bond acceptors (Lipinski definition) is 5. The molecule has 0 spiro atoms. The summed E-state index contributed by atoms with van der Waals surface area (Å²) in [6.45, 7) is 5.30. The summed E-state index contributed by atoms with van der Waals surface area (Å²) < 4.78 is 5.91. The van der Waals surface area contributed by atoms with Crippen LogP contribution >= 0.6 is 23.1 Å². The van der Waals surface area contributed by atoms with Crippen molar-refractivity contribution in [3.05, 3.63) is 46.0 Å². The van der Waals surface area contributed by atoms with Gasteiger partial charge in [0.2, 0.25) is 5.91 Å². The van der Waals surface area contributed by atoms with Gasteiger partial charge in [-0.3, -0.25) is 4.79 Å². The fourth-order valence-corrected chi connectivity index (χ4v) is 3.96. The van der Waals surface area contributed by atoms with Crippen molar-refractivity contribution in [1.82, 2.24) is 10.3 Å². The lowest BCUT2D eigenvalue weighted by Gasteiger charge is -2.05. The fourth-order valence-electron chi connectivity index (χ4n) is 2.05. The Morgan fingerprint density at radius 2 is 2.22 bits per heavy atom. The largest absolute Gasteiger partial charge is 0.383 e. The molecule has 2 rings (SSSR count). The zero-order chi connectivity index (χ0) is 16.7. The van der Waals surface area contributed by atoms with Crippen LogP contribution in [0, 0.1) is 13.8 Å². The van der Waals surface area contributed by atoms with Crippen LogP contribution in [0.25, 0.3) is 0 Å². The number of amides is 1. The van der Waals surface area contributed by atoms with Gasteiger partial charge in [0.15, 0.2) is 0 Å². The molecule has 0 unspecified atom stereocenters. The van der Waals surface area contributed by atoms with Gasteiger partial charge in [-0.15, -0.1) is 11.3 Å². The fraction of sp³-hybridized carbons (Fsp3) is 0.412. The SMILES string of the molecule is COCCNC(=O)Cc1csc(SCc2cc(C)ccc2C)n1. The number of carbonyl (C=O) groups excluding carboxylic acids is 1. The van der Waals surface area contributed by atoms with Gasteiger partial charge in [0.05, 0.1) is 18.7 Å². The van der Waals surface area contributed by atoms with E-state index in [1.807, 2.05) is 5.38 Å². The van der Waals surface area contributed by atoms with Gasteiger partial charge in [-0.2, -0.15) is 0 Å². The molecule has 4 nitrogen and oxygen atoms in total. The van der Waals surface area contributed by atoms with Crippen LogP contribution in [-0.2, 0) is 21.7 Å². The number of carbonyl (C=O) groups is 1. The molecule has 1 aromatic heterocycles. The molecule has 1 amide bonds. The van der Waals surface area contributed by atoms with Gasteiger partial charge in [0.25, 0.3) is 0 Å². The second-order valence-corrected chi connectivity index (χ2v) is 7.42. The number of aryl methyl sites for hydroxylation is 2. The predicted octanol–water partition coefficient (Wildman–Crippen LogP) is 3.36. The lowest BCUT2D eigenvalue weighted by Crippen LogP contribution is -2.28. The summed E-state index contributed by atoms with van der Waals surface area (Å²) in [4.78, 5) is 16.3. The van der Waals surface area contributed by atoms with Crippen molar-refractivity contribution in [2.24, 2.45) is 0 Å². The Morgan fingerprint density at radius 1 is 1.39 bits per heavy atom. The van der Waals surface area contributed by atoms with E-state index >= 15 is 0 Å². The average Bonchev–Trinajstić information content (AvgIpc) is 2.96. The second-order valence-electron chi connectivity index (χ2n) is 5.34. The van der Waals surface area contributed by atoms with E-state index in [0.29, 0.717) is 19.6 Å². The highest BCUT2D eigenvalue weighted by Gasteiger charge is 2.08. The predicted molar refractivity (Wildman–Crippen MR) is 96.2 cm³/mol. The molecule has 0 radical (unpaired) electrons. The lowest BCUT2D eigenvalue weighted by atomic mass is 10.1. The molecule has 2 aromatic rings. The molecule has 1 aromatic carbocycles. The number of thiazole rings is 1. The first-order chi connectivity index (χ1) is 11.1. The van der Waals surface area contributed by atoms with E-state index in [9.17, 15) is 4.79 Å². The Morgan fingerprint density at radius 3 is 3.00 bits per heavy atom. The first-order valence-electron chi connectivity index (χ1n) is 7.47. The number of ether oxygens (including phenoxy) is 1. The monoisotopic (exact) mass is 350 g/mol. The van der Waals surface area contributed by atoms with Gasteiger partial charge < -0.3 is 10.1 Å². The molecule has 1 heterocycles. The van der Waals surface area contributed by atoms with E-state index in [0.717, 1.165) is 15.8 Å². The molecule has 0 bridgehead atoms. The topological polar surface area (TPSA) is 51.2 Å². The molecule has 124 valence electrons. The number of benzene rings is 1. The number of methoxy groups -OCH3 is 1. The Kier molecular flexibility index (Phi) is 7.08. The van der Waals surface area contributed by atoms with Crippen LogP contribution in [0.15, 0.2) is 27.9 Å². The number of nitrogens with one attached hydrogen (secondary N) is 1. The molecule has 1 N–H and O–H groups in total. The minimum Gasteiger partial charge on any atom is -0.383 e. The quantitative estimate of drug-likeness (QED) is 0.586. The minimum atomic E-state index is -0.0153. The molecule has 23 heavy (non-hydrogen) atoms. The Balaban J connectivity index is 1.85. The van der Waals surface area contributed by atoms with Crippen molar-refractivity contribution in [2.45, 2.75) is 30.4 Å². The third kappa shape index (κ3) is 5.97. The number of hydrogen-bond donors (Lipinski definition) is 1. The Bertz CT molecular complexity index is 656. The van der Waals surface area contributed by atoms with Gasteiger partial charge in [0, 0.05) is 24.8 Å². The summed E-state index contributed by atoms with van der Waals surface area (Å²) in [5.41, 5.74) is 4.74. The molecule has 0 fully saturated rings. The van der Waals surface area contributed by atoms with Crippen LogP contribution in [0.2, 0.25) is 0 Å². The number of nitrogens with zero attached hydrogens (tertiary/aromatic N) is 1. The maximum atomic E-state index is 11.7. The van der Waals surface area contributed by atoms with E-state index in [4.69, 9.17) is 4.74 Å². The lowest BCUT2D eigenvalue weighted by molar-refractivity contribution is -0.120. The Hall–Kier alpha value is -1.37. The highest BCUT2D eigenvalue weighted by Crippen LogP contribution is 2.27. The van der Waals surface area contributed by atoms with Gasteiger partial charge in [-0.05, 0) is 25.0 Å². The van der Waals surface area contributed by atoms with Crippen molar-refractivity contribution in [3.63, 3.8) is 0 Å². The molecule has 6 heteroatoms. The first kappa shape index (κ1) is 18.0. The Labute approximate surface area is 145 Å². The third-order valence-corrected chi connectivity index (χ3v) is 5.48. The maximum Gasteiger partial charge on any atom is 0.226 e. The molecule has 0 saturated heterocycles. The summed E-state index contributed by atoms with van der Waals surface area (Å²) in [5, 5.41) is 4.77. The first-order valence-corrected chi connectivity index (χ1v) is 9.34. The van der Waals surface area contributed by atoms with E-state index in [-0.39, 0.29) is 5.91 Å². The van der Waals surface area contributed by atoms with E-state index < -0.39 is 0 Å². The molecule has 0 atom stereocenters. The summed E-state index contributed by atoms with van der Waals surface area (Å²) in [7, 11) is 1.62. The molecule has 0 aliphatic rings. The van der Waals surface area contributed by atoms with Crippen LogP contribution < -0.4 is 5.32 Å². The molecule has 0 aliphatic heterocycles. The average molecular weight is 351 g/mol. The highest BCUT2D eigenvalue weighted by atomic mass is 32.2. The number of thioether (sulfide) groups is 1. The smallest absolute Gasteiger partial charge is 0.226 e. The van der Waals surface area contributed by atoms with Crippen molar-refractivity contribution < 1.29 is 9.53 Å². The van der Waals surface area contributed by atoms with E-state index in [1.165, 1.54) is 16.7 Å². The standard InChI is InChI=1S/C17H22N2O2S2/c1-12-4-5-13(2)14(8-12)10-22-17-19-15(11-23-17)9-16(20)18-6-7-21-3/h4-5,8,11H,6-7,9-10H2,1-3H3,(H,18,20). The van der Waals surface area contributed by atoms with E-state index in [1.54, 1.807) is 30.2 Å². The van der Waals surface area contributed by atoms with Crippen LogP contribution in [0.4, 0.5) is 0 Å². The third-order valence-electron chi connectivity index (χ3n) is 3.36. The molecule has 0 aliphatic carbocycles. The van der Waals surface area contributed by atoms with Crippen molar-refractivity contribution >= 4 is 29.0 Å². The minimum absolute atomic E-state index is 0.0153. The molecular weight excluding hydrogens is 328 g/mol. The molecule has 0 saturated carbocycles. The zero-order valence-corrected chi connectivity index (χ0v) is 15.4. The number of aromatic nitrogens is 1. The molecular formula is C17H22N2O2S2. The number of rotatable bonds is 8. The van der Waals surface area contributed by atoms with Gasteiger partial charge in [0.1, 0.15) is 4.34 Å². The summed E-state index contributed by atoms with van der Waals surface area (Å²) in [6, 6.07) is 6.51.